The van der Waals surface area contributed by atoms with Gasteiger partial charge in [0, 0.05) is 36.6 Å². The summed E-state index contributed by atoms with van der Waals surface area (Å²) in [5.74, 6) is 0.867. The van der Waals surface area contributed by atoms with Gasteiger partial charge in [0.1, 0.15) is 0 Å². The quantitative estimate of drug-likeness (QED) is 0.885. The number of benzene rings is 1. The number of fused-ring (bicyclic) bond motifs is 1. The molecule has 4 nitrogen and oxygen atoms in total. The van der Waals surface area contributed by atoms with Gasteiger partial charge in [-0.25, -0.2) is 0 Å². The van der Waals surface area contributed by atoms with Gasteiger partial charge in [0.05, 0.1) is 11.1 Å². The second kappa shape index (κ2) is 8.48. The van der Waals surface area contributed by atoms with E-state index >= 15 is 0 Å². The molecular weight excluding hydrogens is 333 g/mol. The van der Waals surface area contributed by atoms with E-state index in [0.29, 0.717) is 11.8 Å². The molecule has 1 fully saturated rings. The van der Waals surface area contributed by atoms with Crippen LogP contribution in [-0.2, 0) is 0 Å². The van der Waals surface area contributed by atoms with Crippen LogP contribution in [0.15, 0.2) is 30.3 Å². The fourth-order valence-electron chi connectivity index (χ4n) is 2.50. The largest absolute Gasteiger partial charge is 0.352 e. The first-order valence-electron chi connectivity index (χ1n) is 7.53. The number of halogens is 2. The van der Waals surface area contributed by atoms with Crippen molar-refractivity contribution >= 4 is 41.6 Å². The summed E-state index contributed by atoms with van der Waals surface area (Å²) in [6.07, 6.45) is 0. The summed E-state index contributed by atoms with van der Waals surface area (Å²) in [5, 5.41) is 7.19. The van der Waals surface area contributed by atoms with E-state index in [1.165, 1.54) is 0 Å². The molecule has 23 heavy (non-hydrogen) atoms. The smallest absolute Gasteiger partial charge is 0.252 e. The van der Waals surface area contributed by atoms with E-state index < -0.39 is 0 Å². The highest BCUT2D eigenvalue weighted by Gasteiger charge is 2.19. The Balaban J connectivity index is 0.00000132. The third-order valence-electron chi connectivity index (χ3n) is 3.99. The molecule has 0 saturated carbocycles. The van der Waals surface area contributed by atoms with Crippen molar-refractivity contribution in [2.75, 3.05) is 19.6 Å². The van der Waals surface area contributed by atoms with Crippen molar-refractivity contribution < 1.29 is 4.79 Å². The normalized spacial score (nSPS) is 13.9. The van der Waals surface area contributed by atoms with E-state index in [4.69, 9.17) is 0 Å². The molecule has 2 heterocycles. The van der Waals surface area contributed by atoms with Gasteiger partial charge in [0.2, 0.25) is 0 Å². The molecule has 1 aliphatic rings. The van der Waals surface area contributed by atoms with Gasteiger partial charge >= 0.3 is 0 Å². The number of amides is 1. The van der Waals surface area contributed by atoms with Gasteiger partial charge in [0.25, 0.3) is 5.91 Å². The standard InChI is InChI=1S/C17H21N3O.2ClH/c1-11(2)16-7-14(13-5-3-4-6-15(13)20-16)17(21)19-10-12-8-18-9-12;;/h3-7,11-12,18H,8-10H2,1-2H3,(H,19,21);2*1H. The number of para-hydroxylation sites is 1. The van der Waals surface area contributed by atoms with Gasteiger partial charge in [-0.3, -0.25) is 9.78 Å². The van der Waals surface area contributed by atoms with Crippen molar-refractivity contribution in [3.8, 4) is 0 Å². The molecule has 6 heteroatoms. The highest BCUT2D eigenvalue weighted by Crippen LogP contribution is 2.22. The van der Waals surface area contributed by atoms with Crippen LogP contribution in [0.2, 0.25) is 0 Å². The lowest BCUT2D eigenvalue weighted by atomic mass is 10.0. The van der Waals surface area contributed by atoms with Gasteiger partial charge in [-0.05, 0) is 18.1 Å². The maximum atomic E-state index is 12.5. The zero-order chi connectivity index (χ0) is 14.8. The molecule has 1 amide bonds. The highest BCUT2D eigenvalue weighted by molar-refractivity contribution is 6.06. The number of carbonyl (C=O) groups excluding carboxylic acids is 1. The molecule has 0 unspecified atom stereocenters. The number of hydrogen-bond acceptors (Lipinski definition) is 3. The fraction of sp³-hybridized carbons (Fsp3) is 0.412. The van der Waals surface area contributed by atoms with Crippen LogP contribution in [-0.4, -0.2) is 30.5 Å². The lowest BCUT2D eigenvalue weighted by Crippen LogP contribution is -2.48. The van der Waals surface area contributed by atoms with E-state index in [0.717, 1.165) is 41.8 Å². The molecule has 1 aliphatic heterocycles. The monoisotopic (exact) mass is 355 g/mol. The minimum atomic E-state index is 0. The number of nitrogens with one attached hydrogen (secondary N) is 2. The van der Waals surface area contributed by atoms with Crippen LogP contribution in [0.1, 0.15) is 35.8 Å². The predicted molar refractivity (Wildman–Crippen MR) is 99.0 cm³/mol. The summed E-state index contributed by atoms with van der Waals surface area (Å²) in [4.78, 5) is 17.2. The molecule has 1 saturated heterocycles. The van der Waals surface area contributed by atoms with Crippen LogP contribution < -0.4 is 10.6 Å². The zero-order valence-electron chi connectivity index (χ0n) is 13.3. The third kappa shape index (κ3) is 4.34. The Labute approximate surface area is 149 Å². The summed E-state index contributed by atoms with van der Waals surface area (Å²) >= 11 is 0. The number of hydrogen-bond donors (Lipinski definition) is 2. The van der Waals surface area contributed by atoms with Crippen molar-refractivity contribution in [2.45, 2.75) is 19.8 Å². The third-order valence-corrected chi connectivity index (χ3v) is 3.99. The second-order valence-electron chi connectivity index (χ2n) is 6.00. The first-order chi connectivity index (χ1) is 10.1. The summed E-state index contributed by atoms with van der Waals surface area (Å²) in [7, 11) is 0. The predicted octanol–water partition coefficient (Wildman–Crippen LogP) is 3.15. The number of carbonyl (C=O) groups is 1. The fourth-order valence-corrected chi connectivity index (χ4v) is 2.50. The Morgan fingerprint density at radius 1 is 1.30 bits per heavy atom. The van der Waals surface area contributed by atoms with Crippen LogP contribution in [0.25, 0.3) is 10.9 Å². The van der Waals surface area contributed by atoms with E-state index in [1.54, 1.807) is 0 Å². The molecular formula is C17H23Cl2N3O. The first kappa shape index (κ1) is 19.7. The van der Waals surface area contributed by atoms with E-state index in [-0.39, 0.29) is 30.7 Å². The molecule has 0 spiro atoms. The Bertz CT molecular complexity index is 672. The summed E-state index contributed by atoms with van der Waals surface area (Å²) in [6.45, 7) is 6.92. The van der Waals surface area contributed by atoms with Crippen molar-refractivity contribution in [1.29, 1.82) is 0 Å². The Kier molecular flexibility index (Phi) is 7.26. The van der Waals surface area contributed by atoms with Crippen LogP contribution in [0, 0.1) is 5.92 Å². The lowest BCUT2D eigenvalue weighted by Gasteiger charge is -2.27. The van der Waals surface area contributed by atoms with Gasteiger partial charge in [-0.1, -0.05) is 32.0 Å². The Morgan fingerprint density at radius 3 is 2.61 bits per heavy atom. The summed E-state index contributed by atoms with van der Waals surface area (Å²) < 4.78 is 0. The van der Waals surface area contributed by atoms with Crippen LogP contribution in [0.4, 0.5) is 0 Å². The molecule has 0 aliphatic carbocycles. The van der Waals surface area contributed by atoms with Crippen LogP contribution in [0.5, 0.6) is 0 Å². The van der Waals surface area contributed by atoms with Crippen molar-refractivity contribution in [3.05, 3.63) is 41.6 Å². The topological polar surface area (TPSA) is 54.0 Å². The molecule has 0 radical (unpaired) electrons. The SMILES string of the molecule is CC(C)c1cc(C(=O)NCC2CNC2)c2ccccc2n1.Cl.Cl. The number of rotatable bonds is 4. The van der Waals surface area contributed by atoms with Crippen molar-refractivity contribution in [2.24, 2.45) is 5.92 Å². The van der Waals surface area contributed by atoms with Gasteiger partial charge in [-0.15, -0.1) is 24.8 Å². The molecule has 0 bridgehead atoms. The van der Waals surface area contributed by atoms with Gasteiger partial charge in [-0.2, -0.15) is 0 Å². The molecule has 1 aromatic carbocycles. The maximum absolute atomic E-state index is 12.5. The molecule has 2 aromatic rings. The number of nitrogens with zero attached hydrogens (tertiary/aromatic N) is 1. The number of aromatic nitrogens is 1. The average Bonchev–Trinajstić information content (AvgIpc) is 2.44. The van der Waals surface area contributed by atoms with E-state index in [9.17, 15) is 4.79 Å². The molecule has 1 aromatic heterocycles. The summed E-state index contributed by atoms with van der Waals surface area (Å²) in [6, 6.07) is 9.77. The second-order valence-corrected chi connectivity index (χ2v) is 6.00. The minimum absolute atomic E-state index is 0. The van der Waals surface area contributed by atoms with Gasteiger partial charge < -0.3 is 10.6 Å². The van der Waals surface area contributed by atoms with Crippen molar-refractivity contribution in [3.63, 3.8) is 0 Å². The van der Waals surface area contributed by atoms with Crippen LogP contribution >= 0.6 is 24.8 Å². The number of pyridine rings is 1. The van der Waals surface area contributed by atoms with Gasteiger partial charge in [0.15, 0.2) is 0 Å². The first-order valence-corrected chi connectivity index (χ1v) is 7.53. The van der Waals surface area contributed by atoms with E-state index in [1.807, 2.05) is 30.3 Å². The van der Waals surface area contributed by atoms with E-state index in [2.05, 4.69) is 29.5 Å². The minimum Gasteiger partial charge on any atom is -0.352 e. The summed E-state index contributed by atoms with van der Waals surface area (Å²) in [5.41, 5.74) is 2.58. The highest BCUT2D eigenvalue weighted by atomic mass is 35.5. The van der Waals surface area contributed by atoms with Crippen molar-refractivity contribution in [1.82, 2.24) is 15.6 Å². The Hall–Kier alpha value is -1.36. The molecule has 2 N–H and O–H groups in total. The van der Waals surface area contributed by atoms with Crippen LogP contribution in [0.3, 0.4) is 0 Å². The Morgan fingerprint density at radius 2 is 2.00 bits per heavy atom. The average molecular weight is 356 g/mol. The molecule has 3 rings (SSSR count). The maximum Gasteiger partial charge on any atom is 0.252 e. The molecule has 0 atom stereocenters. The lowest BCUT2D eigenvalue weighted by molar-refractivity contribution is 0.0943. The zero-order valence-corrected chi connectivity index (χ0v) is 15.0. The molecule has 126 valence electrons.